The van der Waals surface area contributed by atoms with Gasteiger partial charge in [-0.15, -0.1) is 0 Å². The lowest BCUT2D eigenvalue weighted by molar-refractivity contribution is -0.132. The number of nitriles is 1. The molecule has 43 heavy (non-hydrogen) atoms. The number of allylic oxidation sites excluding steroid dienone is 1. The first-order valence-corrected chi connectivity index (χ1v) is 16.6. The van der Waals surface area contributed by atoms with E-state index in [1.165, 1.54) is 103 Å². The van der Waals surface area contributed by atoms with Gasteiger partial charge in [-0.2, -0.15) is 5.26 Å². The van der Waals surface area contributed by atoms with Gasteiger partial charge < -0.3 is 10.0 Å². The molecule has 0 radical (unpaired) electrons. The van der Waals surface area contributed by atoms with Gasteiger partial charge in [0.15, 0.2) is 0 Å². The summed E-state index contributed by atoms with van der Waals surface area (Å²) in [6.07, 6.45) is 13.2. The number of hydrogen-bond acceptors (Lipinski definition) is 3. The van der Waals surface area contributed by atoms with E-state index in [2.05, 4.69) is 73.3 Å². The number of hydrogen-bond donors (Lipinski definition) is 1. The number of aliphatic carboxylic acids is 1. The normalized spacial score (nSPS) is 21.8. The molecule has 3 aromatic rings. The second-order valence-electron chi connectivity index (χ2n) is 13.2. The van der Waals surface area contributed by atoms with Gasteiger partial charge in [0, 0.05) is 28.7 Å². The third-order valence-electron chi connectivity index (χ3n) is 11.0. The number of nitrogens with zero attached hydrogens (tertiary/aromatic N) is 2. The first-order chi connectivity index (χ1) is 21.0. The summed E-state index contributed by atoms with van der Waals surface area (Å²) in [6.45, 7) is 4.61. The van der Waals surface area contributed by atoms with E-state index in [4.69, 9.17) is 0 Å². The molecule has 0 aromatic heterocycles. The van der Waals surface area contributed by atoms with Crippen LogP contribution in [0.5, 0.6) is 0 Å². The molecule has 1 heterocycles. The number of carboxylic acids is 1. The Morgan fingerprint density at radius 1 is 0.930 bits per heavy atom. The summed E-state index contributed by atoms with van der Waals surface area (Å²) in [6, 6.07) is 23.4. The van der Waals surface area contributed by atoms with Crippen molar-refractivity contribution in [3.05, 3.63) is 88.0 Å². The molecular formula is C39H42N2O2. The van der Waals surface area contributed by atoms with Crippen LogP contribution < -0.4 is 4.90 Å². The lowest BCUT2D eigenvalue weighted by Crippen LogP contribution is -2.28. The van der Waals surface area contributed by atoms with Crippen LogP contribution in [-0.4, -0.2) is 17.1 Å². The number of aryl methyl sites for hydroxylation is 1. The van der Waals surface area contributed by atoms with Crippen molar-refractivity contribution >= 4 is 22.9 Å². The molecule has 3 aliphatic carbocycles. The Morgan fingerprint density at radius 2 is 1.70 bits per heavy atom. The molecule has 1 fully saturated rings. The molecule has 2 atom stereocenters. The molecule has 4 aliphatic rings. The van der Waals surface area contributed by atoms with Crippen molar-refractivity contribution in [2.24, 2.45) is 0 Å². The maximum atomic E-state index is 12.0. The van der Waals surface area contributed by atoms with Crippen LogP contribution in [0.25, 0.3) is 16.7 Å². The molecule has 4 nitrogen and oxygen atoms in total. The standard InChI is InChI=1S/C39H42N2O2/c1-3-5-19-39(20-6-4-2)34-15-8-7-12-28(34)29-18-17-26(22-35(29)39)41-36-16-10-14-30(36)32-21-25-11-9-13-27(31(25)23-37(32)41)33(24-40)38(42)43/h7-8,12,15,17-18,21-23,30,36H,3-6,9-11,13-14,16,19-20H2,1-2H3,(H,42,43)/b33-27-. The van der Waals surface area contributed by atoms with Gasteiger partial charge in [-0.1, -0.05) is 82.3 Å². The van der Waals surface area contributed by atoms with Crippen LogP contribution in [0.2, 0.25) is 0 Å². The minimum atomic E-state index is -1.12. The zero-order chi connectivity index (χ0) is 29.7. The van der Waals surface area contributed by atoms with Gasteiger partial charge >= 0.3 is 5.97 Å². The Hall–Kier alpha value is -3.84. The smallest absolute Gasteiger partial charge is 0.346 e. The lowest BCUT2D eigenvalue weighted by Gasteiger charge is -2.34. The molecule has 4 heteroatoms. The Morgan fingerprint density at radius 3 is 2.44 bits per heavy atom. The van der Waals surface area contributed by atoms with E-state index in [1.807, 2.05) is 6.07 Å². The highest BCUT2D eigenvalue weighted by molar-refractivity contribution is 6.01. The van der Waals surface area contributed by atoms with Crippen LogP contribution in [0, 0.1) is 11.3 Å². The maximum absolute atomic E-state index is 12.0. The molecule has 1 aliphatic heterocycles. The summed E-state index contributed by atoms with van der Waals surface area (Å²) >= 11 is 0. The quantitative estimate of drug-likeness (QED) is 0.216. The number of carboxylic acid groups (broad SMARTS) is 1. The third kappa shape index (κ3) is 4.27. The van der Waals surface area contributed by atoms with Crippen LogP contribution >= 0.6 is 0 Å². The van der Waals surface area contributed by atoms with Crippen molar-refractivity contribution in [2.75, 3.05) is 4.90 Å². The summed E-state index contributed by atoms with van der Waals surface area (Å²) < 4.78 is 0. The largest absolute Gasteiger partial charge is 0.477 e. The molecule has 1 N–H and O–H groups in total. The molecule has 0 saturated heterocycles. The lowest BCUT2D eigenvalue weighted by atomic mass is 9.71. The summed E-state index contributed by atoms with van der Waals surface area (Å²) in [4.78, 5) is 14.6. The molecule has 1 saturated carbocycles. The topological polar surface area (TPSA) is 64.3 Å². The maximum Gasteiger partial charge on any atom is 0.346 e. The van der Waals surface area contributed by atoms with Crippen LogP contribution in [0.4, 0.5) is 11.4 Å². The predicted octanol–water partition coefficient (Wildman–Crippen LogP) is 9.82. The fourth-order valence-electron chi connectivity index (χ4n) is 9.08. The van der Waals surface area contributed by atoms with Gasteiger partial charge in [-0.25, -0.2) is 4.79 Å². The van der Waals surface area contributed by atoms with Crippen LogP contribution in [0.15, 0.2) is 60.2 Å². The number of anilines is 2. The Bertz CT molecular complexity index is 1670. The zero-order valence-corrected chi connectivity index (χ0v) is 25.6. The number of carbonyl (C=O) groups is 1. The summed E-state index contributed by atoms with van der Waals surface area (Å²) in [5.74, 6) is -0.617. The van der Waals surface area contributed by atoms with Crippen LogP contribution in [-0.2, 0) is 16.6 Å². The van der Waals surface area contributed by atoms with E-state index in [-0.39, 0.29) is 11.0 Å². The monoisotopic (exact) mass is 570 g/mol. The van der Waals surface area contributed by atoms with E-state index in [9.17, 15) is 15.2 Å². The first-order valence-electron chi connectivity index (χ1n) is 16.6. The molecule has 220 valence electrons. The Kier molecular flexibility index (Phi) is 7.16. The Balaban J connectivity index is 1.40. The molecule has 0 spiro atoms. The minimum Gasteiger partial charge on any atom is -0.477 e. The number of unbranched alkanes of at least 4 members (excludes halogenated alkanes) is 2. The molecule has 3 aromatic carbocycles. The van der Waals surface area contributed by atoms with Gasteiger partial charge in [-0.05, 0) is 108 Å². The summed E-state index contributed by atoms with van der Waals surface area (Å²) in [5.41, 5.74) is 12.5. The number of rotatable bonds is 8. The van der Waals surface area contributed by atoms with Gasteiger partial charge in [0.2, 0.25) is 0 Å². The molecule has 2 unspecified atom stereocenters. The summed E-state index contributed by atoms with van der Waals surface area (Å²) in [5, 5.41) is 19.6. The Labute approximate surface area is 256 Å². The third-order valence-corrected chi connectivity index (χ3v) is 11.0. The second-order valence-corrected chi connectivity index (χ2v) is 13.2. The zero-order valence-electron chi connectivity index (χ0n) is 25.6. The summed E-state index contributed by atoms with van der Waals surface area (Å²) in [7, 11) is 0. The predicted molar refractivity (Wildman–Crippen MR) is 174 cm³/mol. The van der Waals surface area contributed by atoms with Gasteiger partial charge in [0.1, 0.15) is 11.6 Å². The van der Waals surface area contributed by atoms with Crippen molar-refractivity contribution in [3.63, 3.8) is 0 Å². The molecule has 7 rings (SSSR count). The van der Waals surface area contributed by atoms with Crippen LogP contribution in [0.3, 0.4) is 0 Å². The SMILES string of the molecule is CCCCC1(CCCC)c2ccccc2-c2ccc(N3c4cc5c(cc4C4CCCC43)CCC/C5=C(\C#N)C(=O)O)cc21. The van der Waals surface area contributed by atoms with E-state index >= 15 is 0 Å². The number of fused-ring (bicyclic) bond motifs is 7. The van der Waals surface area contributed by atoms with Gasteiger partial charge in [0.05, 0.1) is 0 Å². The average Bonchev–Trinajstić information content (AvgIpc) is 3.69. The van der Waals surface area contributed by atoms with Crippen molar-refractivity contribution in [1.82, 2.24) is 0 Å². The fourth-order valence-corrected chi connectivity index (χ4v) is 9.08. The van der Waals surface area contributed by atoms with E-state index < -0.39 is 5.97 Å². The average molecular weight is 571 g/mol. The van der Waals surface area contributed by atoms with Crippen molar-refractivity contribution < 1.29 is 9.90 Å². The van der Waals surface area contributed by atoms with Crippen LogP contribution in [0.1, 0.15) is 118 Å². The fraction of sp³-hybridized carbons (Fsp3) is 0.436. The highest BCUT2D eigenvalue weighted by Gasteiger charge is 2.46. The van der Waals surface area contributed by atoms with Crippen molar-refractivity contribution in [1.29, 1.82) is 5.26 Å². The highest BCUT2D eigenvalue weighted by Crippen LogP contribution is 2.58. The second kappa shape index (κ2) is 11.0. The van der Waals surface area contributed by atoms with E-state index in [0.29, 0.717) is 24.0 Å². The minimum absolute atomic E-state index is 0.0422. The molecule has 0 bridgehead atoms. The van der Waals surface area contributed by atoms with Gasteiger partial charge in [-0.3, -0.25) is 0 Å². The molecular weight excluding hydrogens is 528 g/mol. The number of benzene rings is 3. The van der Waals surface area contributed by atoms with E-state index in [1.54, 1.807) is 0 Å². The van der Waals surface area contributed by atoms with Gasteiger partial charge in [0.25, 0.3) is 0 Å². The van der Waals surface area contributed by atoms with E-state index in [0.717, 1.165) is 18.4 Å². The molecule has 0 amide bonds. The first kappa shape index (κ1) is 28.0. The highest BCUT2D eigenvalue weighted by atomic mass is 16.4. The van der Waals surface area contributed by atoms with Crippen molar-refractivity contribution in [2.45, 2.75) is 108 Å². The van der Waals surface area contributed by atoms with Crippen molar-refractivity contribution in [3.8, 4) is 17.2 Å².